The molecular formula is C20H11Cl3F6N2O2. The maximum atomic E-state index is 13.6. The fourth-order valence-electron chi connectivity index (χ4n) is 3.58. The number of ether oxygens (including phenoxy) is 2. The highest BCUT2D eigenvalue weighted by Crippen LogP contribution is 2.44. The van der Waals surface area contributed by atoms with E-state index in [1.807, 2.05) is 0 Å². The summed E-state index contributed by atoms with van der Waals surface area (Å²) in [6.07, 6.45) is -9.79. The number of rotatable bonds is 3. The average molecular weight is 532 g/mol. The van der Waals surface area contributed by atoms with E-state index in [0.29, 0.717) is 6.07 Å². The van der Waals surface area contributed by atoms with Gasteiger partial charge in [-0.25, -0.2) is 9.98 Å². The van der Waals surface area contributed by atoms with Crippen molar-refractivity contribution in [2.75, 3.05) is 6.61 Å². The molecule has 2 aliphatic rings. The third-order valence-electron chi connectivity index (χ3n) is 5.03. The molecule has 0 saturated heterocycles. The predicted octanol–water partition coefficient (Wildman–Crippen LogP) is 7.32. The quantitative estimate of drug-likeness (QED) is 0.390. The van der Waals surface area contributed by atoms with E-state index in [1.54, 1.807) is 0 Å². The van der Waals surface area contributed by atoms with E-state index >= 15 is 0 Å². The third kappa shape index (κ3) is 4.74. The summed E-state index contributed by atoms with van der Waals surface area (Å²) in [7, 11) is 0. The first-order chi connectivity index (χ1) is 15.4. The van der Waals surface area contributed by atoms with Gasteiger partial charge in [0.25, 0.3) is 0 Å². The lowest BCUT2D eigenvalue weighted by Gasteiger charge is -2.21. The summed E-state index contributed by atoms with van der Waals surface area (Å²) in [4.78, 5) is 8.09. The van der Waals surface area contributed by atoms with Crippen molar-refractivity contribution in [2.24, 2.45) is 9.98 Å². The van der Waals surface area contributed by atoms with Crippen molar-refractivity contribution < 1.29 is 35.8 Å². The monoisotopic (exact) mass is 530 g/mol. The van der Waals surface area contributed by atoms with E-state index in [9.17, 15) is 26.3 Å². The van der Waals surface area contributed by atoms with Crippen molar-refractivity contribution in [3.63, 3.8) is 0 Å². The Morgan fingerprint density at radius 1 is 0.848 bits per heavy atom. The largest absolute Gasteiger partial charge is 0.476 e. The third-order valence-corrected chi connectivity index (χ3v) is 5.98. The van der Waals surface area contributed by atoms with Crippen molar-refractivity contribution in [3.8, 4) is 0 Å². The van der Waals surface area contributed by atoms with Crippen LogP contribution in [0.25, 0.3) is 0 Å². The lowest BCUT2D eigenvalue weighted by atomic mass is 9.96. The Balaban J connectivity index is 1.70. The smallest absolute Gasteiger partial charge is 0.416 e. The van der Waals surface area contributed by atoms with E-state index < -0.39 is 41.7 Å². The van der Waals surface area contributed by atoms with Crippen molar-refractivity contribution >= 4 is 47.1 Å². The van der Waals surface area contributed by atoms with Crippen LogP contribution in [-0.2, 0) is 21.8 Å². The number of halogens is 9. The number of alkyl halides is 6. The molecule has 2 heterocycles. The van der Waals surface area contributed by atoms with Crippen LogP contribution in [0.15, 0.2) is 40.3 Å². The first kappa shape index (κ1) is 24.0. The molecule has 0 radical (unpaired) electrons. The summed E-state index contributed by atoms with van der Waals surface area (Å²) < 4.78 is 92.0. The molecule has 0 N–H and O–H groups in total. The summed E-state index contributed by atoms with van der Waals surface area (Å²) in [6.45, 7) is -0.278. The van der Waals surface area contributed by atoms with Crippen LogP contribution in [0, 0.1) is 0 Å². The Kier molecular flexibility index (Phi) is 6.22. The van der Waals surface area contributed by atoms with Gasteiger partial charge in [-0.15, -0.1) is 0 Å². The fourth-order valence-corrected chi connectivity index (χ4v) is 4.09. The molecule has 2 aromatic carbocycles. The molecule has 2 aromatic rings. The van der Waals surface area contributed by atoms with Crippen molar-refractivity contribution in [1.29, 1.82) is 0 Å². The Morgan fingerprint density at radius 3 is 2.15 bits per heavy atom. The van der Waals surface area contributed by atoms with Gasteiger partial charge in [0.05, 0.1) is 21.2 Å². The van der Waals surface area contributed by atoms with Crippen LogP contribution in [-0.4, -0.2) is 25.0 Å². The zero-order valence-electron chi connectivity index (χ0n) is 16.0. The highest BCUT2D eigenvalue weighted by Gasteiger charge is 2.44. The van der Waals surface area contributed by atoms with Gasteiger partial charge >= 0.3 is 12.4 Å². The number of aliphatic imine (C=N–C) groups is 2. The van der Waals surface area contributed by atoms with Gasteiger partial charge in [-0.1, -0.05) is 40.9 Å². The van der Waals surface area contributed by atoms with Crippen molar-refractivity contribution in [1.82, 2.24) is 0 Å². The SMILES string of the molecule is FC(F)(F)c1cc(Cl)ccc1C1COC(C2OC=NC2c2cc(Cl)c(Cl)cc2C(F)(F)F)=N1. The van der Waals surface area contributed by atoms with Gasteiger partial charge in [-0.05, 0) is 35.4 Å². The number of nitrogens with zero attached hydrogens (tertiary/aromatic N) is 2. The molecule has 0 spiro atoms. The van der Waals surface area contributed by atoms with Gasteiger partial charge in [0.2, 0.25) is 12.0 Å². The molecule has 0 bridgehead atoms. The second kappa shape index (κ2) is 8.56. The summed E-state index contributed by atoms with van der Waals surface area (Å²) in [5, 5.41) is -0.547. The molecule has 176 valence electrons. The van der Waals surface area contributed by atoms with E-state index in [4.69, 9.17) is 44.3 Å². The highest BCUT2D eigenvalue weighted by atomic mass is 35.5. The van der Waals surface area contributed by atoms with E-state index in [1.165, 1.54) is 12.1 Å². The first-order valence-electron chi connectivity index (χ1n) is 9.16. The molecule has 33 heavy (non-hydrogen) atoms. The van der Waals surface area contributed by atoms with Crippen LogP contribution in [0.3, 0.4) is 0 Å². The normalized spacial score (nSPS) is 22.8. The van der Waals surface area contributed by atoms with Crippen molar-refractivity contribution in [3.05, 3.63) is 67.7 Å². The molecule has 3 unspecified atom stereocenters. The minimum atomic E-state index is -4.78. The van der Waals surface area contributed by atoms with Crippen LogP contribution in [0.2, 0.25) is 15.1 Å². The minimum absolute atomic E-state index is 0.110. The number of hydrogen-bond acceptors (Lipinski definition) is 4. The number of benzene rings is 2. The van der Waals surface area contributed by atoms with Gasteiger partial charge in [0.15, 0.2) is 6.40 Å². The van der Waals surface area contributed by atoms with E-state index in [0.717, 1.165) is 18.5 Å². The average Bonchev–Trinajstić information content (AvgIpc) is 3.37. The molecule has 0 fully saturated rings. The van der Waals surface area contributed by atoms with Crippen LogP contribution >= 0.6 is 34.8 Å². The summed E-state index contributed by atoms with van der Waals surface area (Å²) >= 11 is 17.4. The molecule has 0 amide bonds. The molecule has 3 atom stereocenters. The van der Waals surface area contributed by atoms with Crippen LogP contribution in [0.5, 0.6) is 0 Å². The van der Waals surface area contributed by atoms with Gasteiger partial charge in [0, 0.05) is 5.02 Å². The predicted molar refractivity (Wildman–Crippen MR) is 110 cm³/mol. The molecule has 13 heteroatoms. The topological polar surface area (TPSA) is 43.2 Å². The molecule has 0 aliphatic carbocycles. The van der Waals surface area contributed by atoms with Crippen LogP contribution < -0.4 is 0 Å². The number of hydrogen-bond donors (Lipinski definition) is 0. The first-order valence-corrected chi connectivity index (χ1v) is 10.3. The van der Waals surface area contributed by atoms with Gasteiger partial charge in [-0.2, -0.15) is 26.3 Å². The molecule has 0 aromatic heterocycles. The minimum Gasteiger partial charge on any atom is -0.476 e. The van der Waals surface area contributed by atoms with Crippen LogP contribution in [0.4, 0.5) is 26.3 Å². The van der Waals surface area contributed by atoms with E-state index in [2.05, 4.69) is 9.98 Å². The molecule has 0 saturated carbocycles. The Bertz CT molecular complexity index is 1150. The van der Waals surface area contributed by atoms with Gasteiger partial charge in [-0.3, -0.25) is 0 Å². The fraction of sp³-hybridized carbons (Fsp3) is 0.300. The summed E-state index contributed by atoms with van der Waals surface area (Å²) in [5.74, 6) is -0.190. The van der Waals surface area contributed by atoms with Gasteiger partial charge < -0.3 is 9.47 Å². The maximum absolute atomic E-state index is 13.6. The van der Waals surface area contributed by atoms with Crippen molar-refractivity contribution in [2.45, 2.75) is 30.5 Å². The zero-order valence-corrected chi connectivity index (χ0v) is 18.3. The highest BCUT2D eigenvalue weighted by molar-refractivity contribution is 6.42. The standard InChI is InChI=1S/C20H11Cl3F6N2O2/c21-8-1-2-9(11(3-8)19(24,25)26)15-6-32-18(31-15)17-16(30-7-33-17)10-4-13(22)14(23)5-12(10)20(27,28)29/h1-5,7,15-17H,6H2. The summed E-state index contributed by atoms with van der Waals surface area (Å²) in [6, 6.07) is 2.58. The second-order valence-corrected chi connectivity index (χ2v) is 8.38. The Hall–Kier alpha value is -2.17. The molecular weight excluding hydrogens is 521 g/mol. The lowest BCUT2D eigenvalue weighted by molar-refractivity contribution is -0.139. The Morgan fingerprint density at radius 2 is 1.48 bits per heavy atom. The zero-order chi connectivity index (χ0) is 24.1. The molecule has 4 nitrogen and oxygen atoms in total. The maximum Gasteiger partial charge on any atom is 0.416 e. The van der Waals surface area contributed by atoms with Crippen LogP contribution in [0.1, 0.15) is 34.3 Å². The summed E-state index contributed by atoms with van der Waals surface area (Å²) in [5.41, 5.74) is -2.60. The van der Waals surface area contributed by atoms with Gasteiger partial charge in [0.1, 0.15) is 18.7 Å². The van der Waals surface area contributed by atoms with E-state index in [-0.39, 0.29) is 38.7 Å². The molecule has 4 rings (SSSR count). The molecule has 2 aliphatic heterocycles. The second-order valence-electron chi connectivity index (χ2n) is 7.13. The Labute approximate surface area is 197 Å². The lowest BCUT2D eigenvalue weighted by Crippen LogP contribution is -2.28.